The van der Waals surface area contributed by atoms with Gasteiger partial charge in [0.15, 0.2) is 0 Å². The van der Waals surface area contributed by atoms with Gasteiger partial charge in [0.2, 0.25) is 5.91 Å². The quantitative estimate of drug-likeness (QED) is 0.730. The molecule has 0 atom stereocenters. The predicted molar refractivity (Wildman–Crippen MR) is 69.4 cm³/mol. The van der Waals surface area contributed by atoms with Gasteiger partial charge in [0.1, 0.15) is 0 Å². The molecule has 1 aromatic rings. The normalized spacial score (nSPS) is 13.3. The fourth-order valence-corrected chi connectivity index (χ4v) is 2.12. The first-order valence-electron chi connectivity index (χ1n) is 6.11. The van der Waals surface area contributed by atoms with E-state index in [1.807, 2.05) is 18.2 Å². The molecule has 2 rings (SSSR count). The van der Waals surface area contributed by atoms with Crippen molar-refractivity contribution in [2.24, 2.45) is 5.73 Å². The molecular weight excluding hydrogens is 230 g/mol. The Morgan fingerprint density at radius 3 is 3.00 bits per heavy atom. The minimum Gasteiger partial charge on any atom is -0.385 e. The summed E-state index contributed by atoms with van der Waals surface area (Å²) in [7, 11) is 0. The third kappa shape index (κ3) is 2.80. The van der Waals surface area contributed by atoms with Gasteiger partial charge in [-0.2, -0.15) is 0 Å². The van der Waals surface area contributed by atoms with Gasteiger partial charge in [-0.1, -0.05) is 6.07 Å². The maximum absolute atomic E-state index is 12.0. The molecule has 5 nitrogen and oxygen atoms in total. The number of primary amides is 1. The van der Waals surface area contributed by atoms with Crippen LogP contribution in [0.25, 0.3) is 0 Å². The van der Waals surface area contributed by atoms with Crippen molar-refractivity contribution in [3.8, 4) is 0 Å². The Bertz CT molecular complexity index is 471. The predicted octanol–water partition coefficient (Wildman–Crippen LogP) is 0.650. The van der Waals surface area contributed by atoms with Crippen LogP contribution in [0.5, 0.6) is 0 Å². The molecule has 5 heteroatoms. The smallest absolute Gasteiger partial charge is 0.251 e. The highest BCUT2D eigenvalue weighted by atomic mass is 16.2. The van der Waals surface area contributed by atoms with Gasteiger partial charge in [-0.3, -0.25) is 9.59 Å². The molecule has 0 saturated carbocycles. The number of nitrogens with two attached hydrogens (primary N) is 1. The molecule has 0 radical (unpaired) electrons. The summed E-state index contributed by atoms with van der Waals surface area (Å²) in [6.07, 6.45) is 2.10. The Kier molecular flexibility index (Phi) is 3.82. The molecule has 0 saturated heterocycles. The summed E-state index contributed by atoms with van der Waals surface area (Å²) in [5, 5.41) is 5.99. The number of nitrogens with one attached hydrogen (secondary N) is 2. The number of carbonyl (C=O) groups excluding carboxylic acids is 2. The maximum Gasteiger partial charge on any atom is 0.251 e. The summed E-state index contributed by atoms with van der Waals surface area (Å²) in [6.45, 7) is 1.23. The van der Waals surface area contributed by atoms with Crippen molar-refractivity contribution in [1.82, 2.24) is 5.32 Å². The Morgan fingerprint density at radius 2 is 2.22 bits per heavy atom. The van der Waals surface area contributed by atoms with Crippen molar-refractivity contribution < 1.29 is 9.59 Å². The Balaban J connectivity index is 2.08. The van der Waals surface area contributed by atoms with E-state index in [1.165, 1.54) is 0 Å². The average Bonchev–Trinajstić information content (AvgIpc) is 2.37. The lowest BCUT2D eigenvalue weighted by Gasteiger charge is -2.20. The van der Waals surface area contributed by atoms with E-state index in [1.54, 1.807) is 0 Å². The third-order valence-corrected chi connectivity index (χ3v) is 3.00. The van der Waals surface area contributed by atoms with Crippen molar-refractivity contribution in [2.45, 2.75) is 19.3 Å². The zero-order valence-corrected chi connectivity index (χ0v) is 10.2. The fraction of sp³-hybridized carbons (Fsp3) is 0.385. The van der Waals surface area contributed by atoms with Crippen LogP contribution in [0, 0.1) is 0 Å². The van der Waals surface area contributed by atoms with Crippen molar-refractivity contribution in [3.05, 3.63) is 29.3 Å². The zero-order chi connectivity index (χ0) is 13.0. The van der Waals surface area contributed by atoms with E-state index in [9.17, 15) is 9.59 Å². The molecule has 0 bridgehead atoms. The first-order chi connectivity index (χ1) is 8.68. The zero-order valence-electron chi connectivity index (χ0n) is 10.2. The second-order valence-corrected chi connectivity index (χ2v) is 4.33. The summed E-state index contributed by atoms with van der Waals surface area (Å²) in [5.74, 6) is -0.552. The number of hydrogen-bond donors (Lipinski definition) is 3. The SMILES string of the molecule is NC(=O)CCNC(=O)c1cccc2c1CCCN2. The van der Waals surface area contributed by atoms with E-state index in [-0.39, 0.29) is 18.9 Å². The van der Waals surface area contributed by atoms with Crippen LogP contribution in [-0.4, -0.2) is 24.9 Å². The highest BCUT2D eigenvalue weighted by Gasteiger charge is 2.16. The first kappa shape index (κ1) is 12.4. The number of amides is 2. The molecule has 0 fully saturated rings. The monoisotopic (exact) mass is 247 g/mol. The van der Waals surface area contributed by atoms with E-state index in [2.05, 4.69) is 10.6 Å². The number of fused-ring (bicyclic) bond motifs is 1. The van der Waals surface area contributed by atoms with Crippen LogP contribution >= 0.6 is 0 Å². The van der Waals surface area contributed by atoms with Crippen LogP contribution in [0.2, 0.25) is 0 Å². The lowest BCUT2D eigenvalue weighted by Crippen LogP contribution is -2.29. The molecule has 0 aliphatic carbocycles. The Hall–Kier alpha value is -2.04. The van der Waals surface area contributed by atoms with Crippen LogP contribution in [0.15, 0.2) is 18.2 Å². The van der Waals surface area contributed by atoms with Crippen LogP contribution in [0.1, 0.15) is 28.8 Å². The third-order valence-electron chi connectivity index (χ3n) is 3.00. The Morgan fingerprint density at radius 1 is 1.39 bits per heavy atom. The fourth-order valence-electron chi connectivity index (χ4n) is 2.12. The number of carbonyl (C=O) groups is 2. The van der Waals surface area contributed by atoms with Gasteiger partial charge >= 0.3 is 0 Å². The second-order valence-electron chi connectivity index (χ2n) is 4.33. The first-order valence-corrected chi connectivity index (χ1v) is 6.11. The molecular formula is C13H17N3O2. The molecule has 0 spiro atoms. The van der Waals surface area contributed by atoms with Gasteiger partial charge in [0, 0.05) is 30.8 Å². The highest BCUT2D eigenvalue weighted by molar-refractivity contribution is 5.97. The van der Waals surface area contributed by atoms with Crippen LogP contribution in [-0.2, 0) is 11.2 Å². The van der Waals surface area contributed by atoms with E-state index in [0.717, 1.165) is 30.6 Å². The minimum absolute atomic E-state index is 0.142. The van der Waals surface area contributed by atoms with E-state index >= 15 is 0 Å². The molecule has 0 aromatic heterocycles. The van der Waals surface area contributed by atoms with Gasteiger partial charge in [-0.15, -0.1) is 0 Å². The molecule has 1 aromatic carbocycles. The minimum atomic E-state index is -0.410. The maximum atomic E-state index is 12.0. The van der Waals surface area contributed by atoms with Gasteiger partial charge in [0.05, 0.1) is 0 Å². The van der Waals surface area contributed by atoms with Gasteiger partial charge in [-0.05, 0) is 30.5 Å². The standard InChI is InChI=1S/C13H17N3O2/c14-12(17)6-8-16-13(18)10-3-1-5-11-9(10)4-2-7-15-11/h1,3,5,15H,2,4,6-8H2,(H2,14,17)(H,16,18). The Labute approximate surface area is 106 Å². The van der Waals surface area contributed by atoms with Crippen molar-refractivity contribution in [1.29, 1.82) is 0 Å². The largest absolute Gasteiger partial charge is 0.385 e. The molecule has 4 N–H and O–H groups in total. The topological polar surface area (TPSA) is 84.2 Å². The highest BCUT2D eigenvalue weighted by Crippen LogP contribution is 2.25. The summed E-state index contributed by atoms with van der Waals surface area (Å²) in [5.41, 5.74) is 7.80. The molecule has 1 heterocycles. The lowest BCUT2D eigenvalue weighted by molar-refractivity contribution is -0.117. The van der Waals surface area contributed by atoms with Crippen LogP contribution in [0.4, 0.5) is 5.69 Å². The summed E-state index contributed by atoms with van der Waals surface area (Å²) >= 11 is 0. The van der Waals surface area contributed by atoms with Gasteiger partial charge in [0.25, 0.3) is 5.91 Å². The number of anilines is 1. The molecule has 96 valence electrons. The summed E-state index contributed by atoms with van der Waals surface area (Å²) in [6, 6.07) is 5.65. The molecule has 0 unspecified atom stereocenters. The number of hydrogen-bond acceptors (Lipinski definition) is 3. The number of rotatable bonds is 4. The van der Waals surface area contributed by atoms with E-state index < -0.39 is 5.91 Å². The molecule has 18 heavy (non-hydrogen) atoms. The number of benzene rings is 1. The van der Waals surface area contributed by atoms with Crippen LogP contribution < -0.4 is 16.4 Å². The van der Waals surface area contributed by atoms with E-state index in [4.69, 9.17) is 5.73 Å². The van der Waals surface area contributed by atoms with Gasteiger partial charge < -0.3 is 16.4 Å². The molecule has 1 aliphatic heterocycles. The molecule has 1 aliphatic rings. The van der Waals surface area contributed by atoms with Crippen molar-refractivity contribution in [2.75, 3.05) is 18.4 Å². The summed E-state index contributed by atoms with van der Waals surface area (Å²) < 4.78 is 0. The lowest BCUT2D eigenvalue weighted by atomic mass is 9.97. The average molecular weight is 247 g/mol. The molecule has 2 amide bonds. The second kappa shape index (κ2) is 5.53. The van der Waals surface area contributed by atoms with Crippen molar-refractivity contribution in [3.63, 3.8) is 0 Å². The van der Waals surface area contributed by atoms with E-state index in [0.29, 0.717) is 5.56 Å². The van der Waals surface area contributed by atoms with Gasteiger partial charge in [-0.25, -0.2) is 0 Å². The van der Waals surface area contributed by atoms with Crippen LogP contribution in [0.3, 0.4) is 0 Å². The van der Waals surface area contributed by atoms with Crippen molar-refractivity contribution >= 4 is 17.5 Å². The summed E-state index contributed by atoms with van der Waals surface area (Å²) in [4.78, 5) is 22.6.